The zero-order chi connectivity index (χ0) is 20.9. The van der Waals surface area contributed by atoms with Crippen molar-refractivity contribution in [2.45, 2.75) is 0 Å². The Hall–Kier alpha value is -3.36. The van der Waals surface area contributed by atoms with Gasteiger partial charge < -0.3 is 9.64 Å². The highest BCUT2D eigenvalue weighted by Crippen LogP contribution is 2.44. The van der Waals surface area contributed by atoms with Crippen molar-refractivity contribution in [1.82, 2.24) is 4.98 Å². The third kappa shape index (κ3) is 4.00. The van der Waals surface area contributed by atoms with Crippen LogP contribution in [0.3, 0.4) is 0 Å². The van der Waals surface area contributed by atoms with E-state index in [-0.39, 0.29) is 5.57 Å². The lowest BCUT2D eigenvalue weighted by Crippen LogP contribution is -2.27. The highest BCUT2D eigenvalue weighted by molar-refractivity contribution is 8.06. The van der Waals surface area contributed by atoms with E-state index in [1.54, 1.807) is 11.6 Å². The number of aromatic nitrogens is 1. The van der Waals surface area contributed by atoms with E-state index in [0.717, 1.165) is 16.9 Å². The van der Waals surface area contributed by atoms with Crippen LogP contribution in [0.15, 0.2) is 88.3 Å². The minimum absolute atomic E-state index is 0.0799. The number of nitrogens with zero attached hydrogens (tertiary/aromatic N) is 2. The van der Waals surface area contributed by atoms with Crippen LogP contribution in [0.1, 0.15) is 5.56 Å². The number of amides is 1. The predicted octanol–water partition coefficient (Wildman–Crippen LogP) is 4.72. The number of hydrogen-bond donors (Lipinski definition) is 1. The number of nitrogens with one attached hydrogen (secondary N) is 1. The fourth-order valence-electron chi connectivity index (χ4n) is 2.96. The van der Waals surface area contributed by atoms with Gasteiger partial charge in [-0.25, -0.2) is 9.78 Å². The molecule has 6 nitrogen and oxygen atoms in total. The molecule has 30 heavy (non-hydrogen) atoms. The molecule has 0 unspecified atom stereocenters. The van der Waals surface area contributed by atoms with Crippen molar-refractivity contribution < 1.29 is 14.3 Å². The van der Waals surface area contributed by atoms with E-state index in [1.807, 2.05) is 71.0 Å². The molecule has 4 rings (SSSR count). The number of anilines is 2. The molecule has 150 valence electrons. The highest BCUT2D eigenvalue weighted by Gasteiger charge is 2.34. The summed E-state index contributed by atoms with van der Waals surface area (Å²) >= 11 is 2.58. The fraction of sp³-hybridized carbons (Fsp3) is 0.0455. The Bertz CT molecular complexity index is 1110. The molecule has 3 aromatic rings. The molecular formula is C22H17N3O3S2. The van der Waals surface area contributed by atoms with Crippen molar-refractivity contribution in [3.05, 3.63) is 93.8 Å². The summed E-state index contributed by atoms with van der Waals surface area (Å²) < 4.78 is 4.95. The molecule has 0 aliphatic carbocycles. The Kier molecular flexibility index (Phi) is 5.97. The zero-order valence-electron chi connectivity index (χ0n) is 15.9. The molecule has 1 aliphatic heterocycles. The van der Waals surface area contributed by atoms with E-state index < -0.39 is 11.9 Å². The van der Waals surface area contributed by atoms with Gasteiger partial charge in [0.25, 0.3) is 5.91 Å². The average Bonchev–Trinajstić information content (AvgIpc) is 3.45. The zero-order valence-corrected chi connectivity index (χ0v) is 17.6. The molecule has 2 aromatic carbocycles. The lowest BCUT2D eigenvalue weighted by atomic mass is 10.1. The fourth-order valence-corrected chi connectivity index (χ4v) is 4.55. The Balaban J connectivity index is 1.83. The van der Waals surface area contributed by atoms with Crippen LogP contribution < -0.4 is 10.2 Å². The SMILES string of the molecule is COC(=O)/C(C(=O)Nc1nccs1)=C1/SC=C(c2ccccc2)N1c1ccccc1. The summed E-state index contributed by atoms with van der Waals surface area (Å²) in [5.74, 6) is -1.28. The van der Waals surface area contributed by atoms with Gasteiger partial charge >= 0.3 is 5.97 Å². The molecule has 1 aromatic heterocycles. The van der Waals surface area contributed by atoms with Gasteiger partial charge in [-0.1, -0.05) is 60.3 Å². The summed E-state index contributed by atoms with van der Waals surface area (Å²) in [5, 5.41) is 7.24. The summed E-state index contributed by atoms with van der Waals surface area (Å²) in [6.07, 6.45) is 1.58. The maximum atomic E-state index is 13.1. The number of hydrogen-bond acceptors (Lipinski definition) is 7. The number of carbonyl (C=O) groups is 2. The van der Waals surface area contributed by atoms with Crippen LogP contribution in [0.2, 0.25) is 0 Å². The molecular weight excluding hydrogens is 418 g/mol. The lowest BCUT2D eigenvalue weighted by molar-refractivity contribution is -0.137. The number of ether oxygens (including phenoxy) is 1. The van der Waals surface area contributed by atoms with Crippen LogP contribution in [0.25, 0.3) is 5.70 Å². The quantitative estimate of drug-likeness (QED) is 0.271. The van der Waals surface area contributed by atoms with Gasteiger partial charge in [0.15, 0.2) is 10.7 Å². The molecule has 0 bridgehead atoms. The highest BCUT2D eigenvalue weighted by atomic mass is 32.2. The second-order valence-electron chi connectivity index (χ2n) is 6.12. The van der Waals surface area contributed by atoms with Gasteiger partial charge in [-0.05, 0) is 17.7 Å². The largest absolute Gasteiger partial charge is 0.465 e. The van der Waals surface area contributed by atoms with Gasteiger partial charge in [-0.3, -0.25) is 10.1 Å². The second-order valence-corrected chi connectivity index (χ2v) is 7.87. The van der Waals surface area contributed by atoms with E-state index in [9.17, 15) is 9.59 Å². The molecule has 2 heterocycles. The van der Waals surface area contributed by atoms with Crippen LogP contribution in [0.5, 0.6) is 0 Å². The lowest BCUT2D eigenvalue weighted by Gasteiger charge is -2.25. The van der Waals surface area contributed by atoms with Gasteiger partial charge in [0.1, 0.15) is 5.03 Å². The smallest absolute Gasteiger partial charge is 0.346 e. The summed E-state index contributed by atoms with van der Waals surface area (Å²) in [5.41, 5.74) is 2.58. The standard InChI is InChI=1S/C22H17N3O3S2/c1-28-21(27)18(19(26)24-22-23-12-13-29-22)20-25(16-10-6-3-7-11-16)17(14-30-20)15-8-4-2-5-9-15/h2-14H,1H3,(H,23,24,26)/b20-18+. The molecule has 1 amide bonds. The van der Waals surface area contributed by atoms with E-state index in [2.05, 4.69) is 10.3 Å². The minimum Gasteiger partial charge on any atom is -0.465 e. The van der Waals surface area contributed by atoms with E-state index in [0.29, 0.717) is 10.2 Å². The topological polar surface area (TPSA) is 71.5 Å². The number of thioether (sulfide) groups is 1. The van der Waals surface area contributed by atoms with Crippen molar-refractivity contribution in [3.8, 4) is 0 Å². The van der Waals surface area contributed by atoms with Gasteiger partial charge in [0.05, 0.1) is 12.8 Å². The first-order valence-electron chi connectivity index (χ1n) is 9.00. The van der Waals surface area contributed by atoms with Crippen LogP contribution in [0, 0.1) is 0 Å². The van der Waals surface area contributed by atoms with Gasteiger partial charge in [-0.15, -0.1) is 11.3 Å². The molecule has 0 fully saturated rings. The molecule has 0 spiro atoms. The Labute approximate surface area is 181 Å². The normalized spacial score (nSPS) is 14.8. The molecule has 1 aliphatic rings. The molecule has 0 atom stereocenters. The summed E-state index contributed by atoms with van der Waals surface area (Å²) in [6, 6.07) is 19.4. The number of benzene rings is 2. The molecule has 8 heteroatoms. The van der Waals surface area contributed by atoms with Crippen molar-refractivity contribution in [2.75, 3.05) is 17.3 Å². The Morgan fingerprint density at radius 3 is 2.37 bits per heavy atom. The number of esters is 1. The first-order chi connectivity index (χ1) is 14.7. The van der Waals surface area contributed by atoms with Gasteiger partial charge in [-0.2, -0.15) is 0 Å². The Morgan fingerprint density at radius 1 is 1.03 bits per heavy atom. The number of rotatable bonds is 5. The summed E-state index contributed by atoms with van der Waals surface area (Å²) in [6.45, 7) is 0. The second kappa shape index (κ2) is 8.98. The molecule has 0 saturated heterocycles. The van der Waals surface area contributed by atoms with Crippen LogP contribution >= 0.6 is 23.1 Å². The number of thiazole rings is 1. The van der Waals surface area contributed by atoms with Gasteiger partial charge in [0, 0.05) is 22.7 Å². The van der Waals surface area contributed by atoms with E-state index in [1.165, 1.54) is 30.2 Å². The first-order valence-corrected chi connectivity index (χ1v) is 10.8. The van der Waals surface area contributed by atoms with Crippen molar-refractivity contribution in [1.29, 1.82) is 0 Å². The third-order valence-corrected chi connectivity index (χ3v) is 5.93. The maximum Gasteiger partial charge on any atom is 0.346 e. The van der Waals surface area contributed by atoms with Gasteiger partial charge in [0.2, 0.25) is 0 Å². The van der Waals surface area contributed by atoms with Crippen LogP contribution in [-0.2, 0) is 14.3 Å². The first kappa shape index (κ1) is 19.9. The molecule has 1 N–H and O–H groups in total. The molecule has 0 radical (unpaired) electrons. The third-order valence-electron chi connectivity index (χ3n) is 4.29. The monoisotopic (exact) mass is 435 g/mol. The van der Waals surface area contributed by atoms with E-state index >= 15 is 0 Å². The summed E-state index contributed by atoms with van der Waals surface area (Å²) in [7, 11) is 1.26. The number of para-hydroxylation sites is 1. The maximum absolute atomic E-state index is 13.1. The van der Waals surface area contributed by atoms with Crippen molar-refractivity contribution >= 4 is 51.5 Å². The minimum atomic E-state index is -0.713. The Morgan fingerprint density at radius 2 is 1.73 bits per heavy atom. The van der Waals surface area contributed by atoms with Crippen molar-refractivity contribution in [2.24, 2.45) is 0 Å². The van der Waals surface area contributed by atoms with Crippen LogP contribution in [0.4, 0.5) is 10.8 Å². The van der Waals surface area contributed by atoms with Crippen LogP contribution in [-0.4, -0.2) is 24.0 Å². The molecule has 0 saturated carbocycles. The number of methoxy groups -OCH3 is 1. The summed E-state index contributed by atoms with van der Waals surface area (Å²) in [4.78, 5) is 31.7. The van der Waals surface area contributed by atoms with E-state index in [4.69, 9.17) is 4.74 Å². The predicted molar refractivity (Wildman–Crippen MR) is 121 cm³/mol. The number of carbonyl (C=O) groups excluding carboxylic acids is 2. The van der Waals surface area contributed by atoms with Crippen molar-refractivity contribution in [3.63, 3.8) is 0 Å². The average molecular weight is 436 g/mol.